The van der Waals surface area contributed by atoms with Crippen LogP contribution in [0.3, 0.4) is 0 Å². The van der Waals surface area contributed by atoms with Crippen LogP contribution < -0.4 is 5.69 Å². The van der Waals surface area contributed by atoms with Crippen LogP contribution >= 0.6 is 0 Å². The molecule has 2 amide bonds. The number of likely N-dealkylation sites (tertiary alicyclic amines) is 1. The third-order valence-corrected chi connectivity index (χ3v) is 7.23. The number of nitrogens with one attached hydrogen (secondary N) is 2. The molecule has 8 nitrogen and oxygen atoms in total. The highest BCUT2D eigenvalue weighted by molar-refractivity contribution is 5.92. The number of H-pyrrole nitrogens is 2. The summed E-state index contributed by atoms with van der Waals surface area (Å²) in [7, 11) is 1.50. The summed E-state index contributed by atoms with van der Waals surface area (Å²) in [6.45, 7) is 0.958. The highest BCUT2D eigenvalue weighted by Gasteiger charge is 2.27. The van der Waals surface area contributed by atoms with Gasteiger partial charge in [-0.1, -0.05) is 12.1 Å². The standard InChI is InChI=1S/C28H28F3N5O3/c1-34(16-18-12-20(29)26(31)21(30)13-18)25(37)7-6-17-14-23(32-15-17)27(38)35-10-8-19(9-11-35)36-24-5-3-2-4-22(24)33-28(36)39/h2-5,12-15,19,32H,6-11,16H2,1H3,(H,33,39). The van der Waals surface area contributed by atoms with Gasteiger partial charge in [0.2, 0.25) is 5.91 Å². The largest absolute Gasteiger partial charge is 0.357 e. The average molecular weight is 540 g/mol. The Balaban J connectivity index is 1.14. The Bertz CT molecular complexity index is 1560. The van der Waals surface area contributed by atoms with E-state index >= 15 is 0 Å². The summed E-state index contributed by atoms with van der Waals surface area (Å²) in [4.78, 5) is 47.1. The predicted molar refractivity (Wildman–Crippen MR) is 139 cm³/mol. The van der Waals surface area contributed by atoms with Crippen molar-refractivity contribution in [2.75, 3.05) is 20.1 Å². The molecule has 2 N–H and O–H groups in total. The van der Waals surface area contributed by atoms with E-state index < -0.39 is 17.5 Å². The van der Waals surface area contributed by atoms with Gasteiger partial charge in [0.15, 0.2) is 17.5 Å². The van der Waals surface area contributed by atoms with E-state index in [-0.39, 0.29) is 42.1 Å². The van der Waals surface area contributed by atoms with E-state index in [1.54, 1.807) is 21.7 Å². The number of aromatic amines is 2. The van der Waals surface area contributed by atoms with E-state index in [2.05, 4.69) is 9.97 Å². The number of nitrogens with zero attached hydrogens (tertiary/aromatic N) is 3. The molecule has 1 saturated heterocycles. The highest BCUT2D eigenvalue weighted by Crippen LogP contribution is 2.26. The van der Waals surface area contributed by atoms with Gasteiger partial charge in [0.1, 0.15) is 5.69 Å². The van der Waals surface area contributed by atoms with Crippen LogP contribution in [-0.2, 0) is 17.8 Å². The van der Waals surface area contributed by atoms with Gasteiger partial charge in [0.05, 0.1) is 11.0 Å². The number of aromatic nitrogens is 3. The van der Waals surface area contributed by atoms with Crippen molar-refractivity contribution in [2.45, 2.75) is 38.3 Å². The molecule has 4 aromatic rings. The first-order chi connectivity index (χ1) is 18.7. The zero-order valence-electron chi connectivity index (χ0n) is 21.3. The number of carbonyl (C=O) groups excluding carboxylic acids is 2. The van der Waals surface area contributed by atoms with Crippen molar-refractivity contribution in [1.29, 1.82) is 0 Å². The third kappa shape index (κ3) is 5.47. The first-order valence-corrected chi connectivity index (χ1v) is 12.7. The van der Waals surface area contributed by atoms with Gasteiger partial charge in [-0.25, -0.2) is 18.0 Å². The normalized spacial score (nSPS) is 14.2. The van der Waals surface area contributed by atoms with Gasteiger partial charge in [0, 0.05) is 45.3 Å². The molecule has 39 heavy (non-hydrogen) atoms. The summed E-state index contributed by atoms with van der Waals surface area (Å²) in [6, 6.07) is 11.0. The van der Waals surface area contributed by atoms with Gasteiger partial charge in [-0.2, -0.15) is 0 Å². The maximum absolute atomic E-state index is 13.5. The molecule has 1 aliphatic heterocycles. The Labute approximate surface area is 222 Å². The van der Waals surface area contributed by atoms with E-state index in [0.717, 1.165) is 28.7 Å². The van der Waals surface area contributed by atoms with Gasteiger partial charge in [-0.15, -0.1) is 0 Å². The van der Waals surface area contributed by atoms with Crippen molar-refractivity contribution in [2.24, 2.45) is 0 Å². The van der Waals surface area contributed by atoms with Crippen LogP contribution in [0.25, 0.3) is 11.0 Å². The second kappa shape index (κ2) is 10.8. The number of hydrogen-bond donors (Lipinski definition) is 2. The lowest BCUT2D eigenvalue weighted by Crippen LogP contribution is -2.40. The molecule has 0 spiro atoms. The van der Waals surface area contributed by atoms with Crippen molar-refractivity contribution < 1.29 is 22.8 Å². The molecular formula is C28H28F3N5O3. The number of imidazole rings is 1. The number of piperidine rings is 1. The molecule has 3 heterocycles. The van der Waals surface area contributed by atoms with Crippen LogP contribution in [0, 0.1) is 17.5 Å². The summed E-state index contributed by atoms with van der Waals surface area (Å²) >= 11 is 0. The summed E-state index contributed by atoms with van der Waals surface area (Å²) in [6.07, 6.45) is 3.49. The lowest BCUT2D eigenvalue weighted by molar-refractivity contribution is -0.130. The molecule has 0 unspecified atom stereocenters. The summed E-state index contributed by atoms with van der Waals surface area (Å²) < 4.78 is 41.8. The van der Waals surface area contributed by atoms with Crippen molar-refractivity contribution >= 4 is 22.8 Å². The third-order valence-electron chi connectivity index (χ3n) is 7.23. The molecule has 0 saturated carbocycles. The minimum absolute atomic E-state index is 0.00259. The fraction of sp³-hybridized carbons (Fsp3) is 0.321. The van der Waals surface area contributed by atoms with Crippen LogP contribution in [0.2, 0.25) is 0 Å². The van der Waals surface area contributed by atoms with Crippen LogP contribution in [0.1, 0.15) is 46.9 Å². The number of benzene rings is 2. The summed E-state index contributed by atoms with van der Waals surface area (Å²) in [5.41, 5.74) is 2.86. The van der Waals surface area contributed by atoms with Gasteiger partial charge < -0.3 is 19.8 Å². The Morgan fingerprint density at radius 2 is 1.72 bits per heavy atom. The monoisotopic (exact) mass is 539 g/mol. The molecule has 1 aliphatic rings. The zero-order chi connectivity index (χ0) is 27.7. The van der Waals surface area contributed by atoms with Crippen molar-refractivity contribution in [3.63, 3.8) is 0 Å². The van der Waals surface area contributed by atoms with Crippen LogP contribution in [-0.4, -0.2) is 56.3 Å². The second-order valence-corrected chi connectivity index (χ2v) is 9.89. The first kappa shape index (κ1) is 26.3. The Morgan fingerprint density at radius 3 is 2.44 bits per heavy atom. The molecule has 2 aromatic carbocycles. The molecule has 5 rings (SSSR count). The molecule has 0 atom stereocenters. The van der Waals surface area contributed by atoms with E-state index in [0.29, 0.717) is 38.0 Å². The molecule has 0 bridgehead atoms. The van der Waals surface area contributed by atoms with E-state index in [1.165, 1.54) is 11.9 Å². The maximum Gasteiger partial charge on any atom is 0.326 e. The van der Waals surface area contributed by atoms with Crippen LogP contribution in [0.4, 0.5) is 13.2 Å². The van der Waals surface area contributed by atoms with E-state index in [9.17, 15) is 27.6 Å². The van der Waals surface area contributed by atoms with Gasteiger partial charge in [-0.05, 0) is 60.7 Å². The molecule has 2 aromatic heterocycles. The minimum Gasteiger partial charge on any atom is -0.357 e. The van der Waals surface area contributed by atoms with Crippen LogP contribution in [0.5, 0.6) is 0 Å². The number of amides is 2. The lowest BCUT2D eigenvalue weighted by atomic mass is 10.0. The van der Waals surface area contributed by atoms with Crippen molar-refractivity contribution in [1.82, 2.24) is 24.3 Å². The van der Waals surface area contributed by atoms with E-state index in [1.807, 2.05) is 24.3 Å². The Hall–Kier alpha value is -4.28. The Morgan fingerprint density at radius 1 is 1.03 bits per heavy atom. The fourth-order valence-electron chi connectivity index (χ4n) is 5.14. The van der Waals surface area contributed by atoms with Gasteiger partial charge in [0.25, 0.3) is 5.91 Å². The lowest BCUT2D eigenvalue weighted by Gasteiger charge is -2.32. The summed E-state index contributed by atoms with van der Waals surface area (Å²) in [5.74, 6) is -4.55. The number of rotatable bonds is 7. The smallest absolute Gasteiger partial charge is 0.326 e. The molecule has 0 radical (unpaired) electrons. The SMILES string of the molecule is CN(Cc1cc(F)c(F)c(F)c1)C(=O)CCc1c[nH]c(C(=O)N2CCC(n3c(=O)[nH]c4ccccc43)CC2)c1. The van der Waals surface area contributed by atoms with Crippen molar-refractivity contribution in [3.8, 4) is 0 Å². The van der Waals surface area contributed by atoms with Gasteiger partial charge in [-0.3, -0.25) is 14.2 Å². The van der Waals surface area contributed by atoms with Crippen molar-refractivity contribution in [3.05, 3.63) is 93.4 Å². The average Bonchev–Trinajstić information content (AvgIpc) is 3.53. The Kier molecular flexibility index (Phi) is 7.32. The first-order valence-electron chi connectivity index (χ1n) is 12.7. The second-order valence-electron chi connectivity index (χ2n) is 9.89. The number of carbonyl (C=O) groups is 2. The molecule has 204 valence electrons. The molecule has 11 heteroatoms. The highest BCUT2D eigenvalue weighted by atomic mass is 19.2. The number of hydrogen-bond acceptors (Lipinski definition) is 3. The topological polar surface area (TPSA) is 94.2 Å². The quantitative estimate of drug-likeness (QED) is 0.346. The van der Waals surface area contributed by atoms with Gasteiger partial charge >= 0.3 is 5.69 Å². The maximum atomic E-state index is 13.5. The number of para-hydroxylation sites is 2. The predicted octanol–water partition coefficient (Wildman–Crippen LogP) is 4.14. The molecular weight excluding hydrogens is 511 g/mol. The number of aryl methyl sites for hydroxylation is 1. The zero-order valence-corrected chi connectivity index (χ0v) is 21.3. The minimum atomic E-state index is -1.54. The number of fused-ring (bicyclic) bond motifs is 1. The van der Waals surface area contributed by atoms with E-state index in [4.69, 9.17) is 0 Å². The van der Waals surface area contributed by atoms with Crippen LogP contribution in [0.15, 0.2) is 53.5 Å². The molecule has 0 aliphatic carbocycles. The molecule has 1 fully saturated rings. The summed E-state index contributed by atoms with van der Waals surface area (Å²) in [5, 5.41) is 0. The fourth-order valence-corrected chi connectivity index (χ4v) is 5.14. The number of halogens is 3.